The van der Waals surface area contributed by atoms with E-state index in [1.165, 1.54) is 22.1 Å². The number of sulfonamides is 1. The fourth-order valence-electron chi connectivity index (χ4n) is 3.21. The lowest BCUT2D eigenvalue weighted by molar-refractivity contribution is -0.895. The number of thiophene rings is 1. The Morgan fingerprint density at radius 1 is 1.27 bits per heavy atom. The van der Waals surface area contributed by atoms with Crippen LogP contribution in [0.2, 0.25) is 0 Å². The molecule has 1 fully saturated rings. The molecule has 1 aliphatic rings. The van der Waals surface area contributed by atoms with Crippen LogP contribution in [0.5, 0.6) is 0 Å². The maximum absolute atomic E-state index is 12.5. The highest BCUT2D eigenvalue weighted by molar-refractivity contribution is 7.91. The van der Waals surface area contributed by atoms with Gasteiger partial charge in [0.1, 0.15) is 4.21 Å². The van der Waals surface area contributed by atoms with Crippen molar-refractivity contribution < 1.29 is 18.1 Å². The van der Waals surface area contributed by atoms with E-state index >= 15 is 0 Å². The van der Waals surface area contributed by atoms with Crippen LogP contribution in [0, 0.1) is 5.92 Å². The molecular weight excluding hydrogens is 370 g/mol. The maximum Gasteiger partial charge on any atom is 0.275 e. The lowest BCUT2D eigenvalue weighted by atomic mass is 10.0. The fourth-order valence-corrected chi connectivity index (χ4v) is 5.80. The molecule has 1 aromatic rings. The molecule has 1 aromatic heterocycles. The Bertz CT molecular complexity index is 651. The lowest BCUT2D eigenvalue weighted by Crippen LogP contribution is -3.15. The molecule has 1 atom stereocenters. The first-order valence-corrected chi connectivity index (χ1v) is 11.8. The molecule has 0 saturated carbocycles. The van der Waals surface area contributed by atoms with Gasteiger partial charge in [-0.3, -0.25) is 4.79 Å². The summed E-state index contributed by atoms with van der Waals surface area (Å²) < 4.78 is 27.0. The lowest BCUT2D eigenvalue weighted by Gasteiger charge is -2.31. The molecule has 0 unspecified atom stereocenters. The first-order chi connectivity index (χ1) is 12.3. The standard InChI is InChI=1S/C18H31N3O3S2/c1-15(2)6-4-7-16(3)19-17(22)14-20-9-11-21(12-10-20)26(23,24)18-8-5-13-25-18/h5,8,13,15-16H,4,6-7,9-12,14H2,1-3H3,(H,19,22)/p+1/t16-/m0/s1. The summed E-state index contributed by atoms with van der Waals surface area (Å²) >= 11 is 1.25. The van der Waals surface area contributed by atoms with Crippen molar-refractivity contribution in [1.82, 2.24) is 9.62 Å². The van der Waals surface area contributed by atoms with E-state index in [9.17, 15) is 13.2 Å². The number of nitrogens with zero attached hydrogens (tertiary/aromatic N) is 1. The molecule has 8 heteroatoms. The fraction of sp³-hybridized carbons (Fsp3) is 0.722. The van der Waals surface area contributed by atoms with Gasteiger partial charge in [0.15, 0.2) is 6.54 Å². The average molecular weight is 403 g/mol. The summed E-state index contributed by atoms with van der Waals surface area (Å²) in [5, 5.41) is 4.85. The van der Waals surface area contributed by atoms with E-state index in [0.29, 0.717) is 42.9 Å². The smallest absolute Gasteiger partial charge is 0.275 e. The van der Waals surface area contributed by atoms with Gasteiger partial charge in [0, 0.05) is 6.04 Å². The van der Waals surface area contributed by atoms with Crippen LogP contribution in [0.25, 0.3) is 0 Å². The first kappa shape index (κ1) is 21.3. The number of amides is 1. The number of hydrogen-bond acceptors (Lipinski definition) is 4. The van der Waals surface area contributed by atoms with Crippen molar-refractivity contribution >= 4 is 27.3 Å². The molecule has 6 nitrogen and oxygen atoms in total. The molecule has 2 heterocycles. The highest BCUT2D eigenvalue weighted by Gasteiger charge is 2.31. The Balaban J connectivity index is 1.72. The van der Waals surface area contributed by atoms with E-state index in [-0.39, 0.29) is 11.9 Å². The Morgan fingerprint density at radius 2 is 1.96 bits per heavy atom. The minimum absolute atomic E-state index is 0.0617. The van der Waals surface area contributed by atoms with Gasteiger partial charge in [-0.05, 0) is 30.7 Å². The zero-order chi connectivity index (χ0) is 19.2. The molecular formula is C18H32N3O3S2+. The van der Waals surface area contributed by atoms with E-state index in [0.717, 1.165) is 17.7 Å². The van der Waals surface area contributed by atoms with Crippen molar-refractivity contribution in [3.8, 4) is 0 Å². The summed E-state index contributed by atoms with van der Waals surface area (Å²) in [6, 6.07) is 3.60. The number of carbonyl (C=O) groups is 1. The third-order valence-electron chi connectivity index (χ3n) is 4.76. The van der Waals surface area contributed by atoms with Crippen LogP contribution in [-0.2, 0) is 14.8 Å². The van der Waals surface area contributed by atoms with Gasteiger partial charge < -0.3 is 10.2 Å². The van der Waals surface area contributed by atoms with Gasteiger partial charge in [0.2, 0.25) is 0 Å². The molecule has 1 saturated heterocycles. The van der Waals surface area contributed by atoms with Crippen LogP contribution >= 0.6 is 11.3 Å². The summed E-state index contributed by atoms with van der Waals surface area (Å²) in [5.41, 5.74) is 0. The average Bonchev–Trinajstić information content (AvgIpc) is 3.10. The summed E-state index contributed by atoms with van der Waals surface area (Å²) in [4.78, 5) is 13.4. The largest absolute Gasteiger partial charge is 0.349 e. The van der Waals surface area contributed by atoms with Crippen molar-refractivity contribution in [3.05, 3.63) is 17.5 Å². The minimum Gasteiger partial charge on any atom is -0.349 e. The molecule has 1 aliphatic heterocycles. The number of hydrogen-bond donors (Lipinski definition) is 2. The second-order valence-electron chi connectivity index (χ2n) is 7.56. The second kappa shape index (κ2) is 9.82. The summed E-state index contributed by atoms with van der Waals surface area (Å²) in [6.07, 6.45) is 3.32. The molecule has 148 valence electrons. The van der Waals surface area contributed by atoms with Gasteiger partial charge in [0.25, 0.3) is 15.9 Å². The molecule has 2 N–H and O–H groups in total. The van der Waals surface area contributed by atoms with E-state index in [2.05, 4.69) is 26.1 Å². The molecule has 26 heavy (non-hydrogen) atoms. The van der Waals surface area contributed by atoms with Gasteiger partial charge in [-0.2, -0.15) is 4.31 Å². The second-order valence-corrected chi connectivity index (χ2v) is 10.7. The van der Waals surface area contributed by atoms with Crippen LogP contribution < -0.4 is 10.2 Å². The molecule has 2 rings (SSSR count). The predicted molar refractivity (Wildman–Crippen MR) is 105 cm³/mol. The Morgan fingerprint density at radius 3 is 2.54 bits per heavy atom. The zero-order valence-corrected chi connectivity index (χ0v) is 17.7. The number of nitrogens with one attached hydrogen (secondary N) is 2. The van der Waals surface area contributed by atoms with Crippen molar-refractivity contribution in [2.45, 2.75) is 50.3 Å². The van der Waals surface area contributed by atoms with Crippen LogP contribution in [0.1, 0.15) is 40.0 Å². The normalized spacial score (nSPS) is 18.2. The topological polar surface area (TPSA) is 70.9 Å². The van der Waals surface area contributed by atoms with Crippen LogP contribution in [-0.4, -0.2) is 57.4 Å². The number of carbonyl (C=O) groups excluding carboxylic acids is 1. The van der Waals surface area contributed by atoms with E-state index in [4.69, 9.17) is 0 Å². The highest BCUT2D eigenvalue weighted by Crippen LogP contribution is 2.20. The van der Waals surface area contributed by atoms with Gasteiger partial charge in [0.05, 0.1) is 26.2 Å². The third-order valence-corrected chi connectivity index (χ3v) is 8.03. The van der Waals surface area contributed by atoms with Gasteiger partial charge in [-0.1, -0.05) is 32.8 Å². The number of quaternary nitrogens is 1. The van der Waals surface area contributed by atoms with E-state index in [1.807, 2.05) is 0 Å². The van der Waals surface area contributed by atoms with E-state index < -0.39 is 10.0 Å². The van der Waals surface area contributed by atoms with Crippen molar-refractivity contribution in [2.75, 3.05) is 32.7 Å². The van der Waals surface area contributed by atoms with Crippen molar-refractivity contribution in [2.24, 2.45) is 5.92 Å². The van der Waals surface area contributed by atoms with E-state index in [1.54, 1.807) is 17.5 Å². The SMILES string of the molecule is CC(C)CCC[C@H](C)NC(=O)C[NH+]1CCN(S(=O)(=O)c2cccs2)CC1. The molecule has 1 amide bonds. The monoisotopic (exact) mass is 402 g/mol. The molecule has 0 aliphatic carbocycles. The predicted octanol–water partition coefficient (Wildman–Crippen LogP) is 0.968. The minimum atomic E-state index is -3.37. The van der Waals surface area contributed by atoms with Gasteiger partial charge in [-0.15, -0.1) is 11.3 Å². The van der Waals surface area contributed by atoms with Crippen molar-refractivity contribution in [3.63, 3.8) is 0 Å². The number of piperazine rings is 1. The molecule has 0 bridgehead atoms. The summed E-state index contributed by atoms with van der Waals surface area (Å²) in [5.74, 6) is 0.760. The number of rotatable bonds is 9. The summed E-state index contributed by atoms with van der Waals surface area (Å²) in [6.45, 7) is 9.16. The molecule has 0 aromatic carbocycles. The van der Waals surface area contributed by atoms with Crippen LogP contribution in [0.15, 0.2) is 21.7 Å². The van der Waals surface area contributed by atoms with Gasteiger partial charge in [-0.25, -0.2) is 8.42 Å². The van der Waals surface area contributed by atoms with Gasteiger partial charge >= 0.3 is 0 Å². The van der Waals surface area contributed by atoms with Crippen LogP contribution in [0.4, 0.5) is 0 Å². The third kappa shape index (κ3) is 6.33. The van der Waals surface area contributed by atoms with Crippen LogP contribution in [0.3, 0.4) is 0 Å². The summed E-state index contributed by atoms with van der Waals surface area (Å²) in [7, 11) is -3.37. The first-order valence-electron chi connectivity index (χ1n) is 9.45. The zero-order valence-electron chi connectivity index (χ0n) is 16.0. The quantitative estimate of drug-likeness (QED) is 0.647. The van der Waals surface area contributed by atoms with Crippen molar-refractivity contribution in [1.29, 1.82) is 0 Å². The molecule has 0 radical (unpaired) electrons. The Kier molecular flexibility index (Phi) is 8.06. The Hall–Kier alpha value is -0.960. The highest BCUT2D eigenvalue weighted by atomic mass is 32.2. The Labute approximate surface area is 161 Å². The molecule has 0 spiro atoms. The maximum atomic E-state index is 12.5.